The highest BCUT2D eigenvalue weighted by Gasteiger charge is 2.29. The average molecular weight is 394 g/mol. The van der Waals surface area contributed by atoms with Crippen molar-refractivity contribution in [1.82, 2.24) is 4.90 Å². The highest BCUT2D eigenvalue weighted by molar-refractivity contribution is 5.81. The van der Waals surface area contributed by atoms with Gasteiger partial charge in [-0.25, -0.2) is 0 Å². The van der Waals surface area contributed by atoms with Crippen LogP contribution in [0.3, 0.4) is 0 Å². The SMILES string of the molecule is Cc1ccc(-c2c(C)c3c(c(C)c2CC(=O)O)CCN(C2CCOCC2)C3)cc1. The molecule has 154 valence electrons. The number of fused-ring (bicyclic) bond motifs is 1. The minimum atomic E-state index is -0.763. The number of hydrogen-bond donors (Lipinski definition) is 1. The highest BCUT2D eigenvalue weighted by atomic mass is 16.5. The number of carboxylic acid groups (broad SMARTS) is 1. The maximum atomic E-state index is 11.7. The van der Waals surface area contributed by atoms with E-state index in [1.807, 2.05) is 0 Å². The van der Waals surface area contributed by atoms with Crippen LogP contribution in [0.5, 0.6) is 0 Å². The van der Waals surface area contributed by atoms with Gasteiger partial charge in [-0.1, -0.05) is 29.8 Å². The molecule has 0 atom stereocenters. The van der Waals surface area contributed by atoms with Gasteiger partial charge in [0.2, 0.25) is 0 Å². The van der Waals surface area contributed by atoms with Gasteiger partial charge >= 0.3 is 5.97 Å². The Morgan fingerprint density at radius 1 is 1.07 bits per heavy atom. The van der Waals surface area contributed by atoms with Gasteiger partial charge in [-0.3, -0.25) is 9.69 Å². The Kier molecular flexibility index (Phi) is 5.75. The van der Waals surface area contributed by atoms with Crippen LogP contribution >= 0.6 is 0 Å². The second-order valence-corrected chi connectivity index (χ2v) is 8.56. The third-order valence-corrected chi connectivity index (χ3v) is 6.78. The Balaban J connectivity index is 1.81. The lowest BCUT2D eigenvalue weighted by Gasteiger charge is -2.39. The molecular formula is C25H31NO3. The first-order valence-corrected chi connectivity index (χ1v) is 10.7. The molecule has 1 N–H and O–H groups in total. The fourth-order valence-electron chi connectivity index (χ4n) is 5.13. The summed E-state index contributed by atoms with van der Waals surface area (Å²) in [5, 5.41) is 9.59. The standard InChI is InChI=1S/C25H31NO3/c1-16-4-6-19(7-5-16)25-18(3)23-15-26(20-9-12-29-13-10-20)11-8-21(23)17(2)22(25)14-24(27)28/h4-7,20H,8-15H2,1-3H3,(H,27,28). The molecule has 0 spiro atoms. The van der Waals surface area contributed by atoms with Crippen molar-refractivity contribution in [2.45, 2.75) is 59.0 Å². The van der Waals surface area contributed by atoms with E-state index in [4.69, 9.17) is 4.74 Å². The largest absolute Gasteiger partial charge is 0.481 e. The van der Waals surface area contributed by atoms with Crippen molar-refractivity contribution in [1.29, 1.82) is 0 Å². The van der Waals surface area contributed by atoms with Crippen LogP contribution in [-0.2, 0) is 28.9 Å². The van der Waals surface area contributed by atoms with Gasteiger partial charge in [0.1, 0.15) is 0 Å². The lowest BCUT2D eigenvalue weighted by atomic mass is 9.80. The molecule has 1 saturated heterocycles. The van der Waals surface area contributed by atoms with Crippen molar-refractivity contribution in [2.24, 2.45) is 0 Å². The van der Waals surface area contributed by atoms with E-state index >= 15 is 0 Å². The van der Waals surface area contributed by atoms with Gasteiger partial charge < -0.3 is 9.84 Å². The molecule has 4 nitrogen and oxygen atoms in total. The van der Waals surface area contributed by atoms with Crippen molar-refractivity contribution in [3.05, 3.63) is 57.6 Å². The molecule has 0 unspecified atom stereocenters. The number of hydrogen-bond acceptors (Lipinski definition) is 3. The minimum Gasteiger partial charge on any atom is -0.481 e. The molecule has 0 radical (unpaired) electrons. The minimum absolute atomic E-state index is 0.0762. The Morgan fingerprint density at radius 2 is 1.76 bits per heavy atom. The van der Waals surface area contributed by atoms with E-state index < -0.39 is 5.97 Å². The van der Waals surface area contributed by atoms with Crippen LogP contribution in [0, 0.1) is 20.8 Å². The average Bonchev–Trinajstić information content (AvgIpc) is 2.73. The Morgan fingerprint density at radius 3 is 2.41 bits per heavy atom. The zero-order chi connectivity index (χ0) is 20.5. The quantitative estimate of drug-likeness (QED) is 0.834. The number of aliphatic carboxylic acids is 1. The molecule has 0 aliphatic carbocycles. The topological polar surface area (TPSA) is 49.8 Å². The normalized spacial score (nSPS) is 17.9. The molecule has 2 aliphatic heterocycles. The first kappa shape index (κ1) is 20.1. The summed E-state index contributed by atoms with van der Waals surface area (Å²) in [7, 11) is 0. The highest BCUT2D eigenvalue weighted by Crippen LogP contribution is 2.38. The molecule has 2 aliphatic rings. The van der Waals surface area contributed by atoms with Crippen molar-refractivity contribution in [2.75, 3.05) is 19.8 Å². The van der Waals surface area contributed by atoms with Crippen molar-refractivity contribution < 1.29 is 14.6 Å². The maximum Gasteiger partial charge on any atom is 0.307 e. The second-order valence-electron chi connectivity index (χ2n) is 8.56. The number of carboxylic acids is 1. The van der Waals surface area contributed by atoms with Crippen LogP contribution in [0.15, 0.2) is 24.3 Å². The maximum absolute atomic E-state index is 11.7. The second kappa shape index (κ2) is 8.29. The van der Waals surface area contributed by atoms with E-state index in [0.717, 1.165) is 62.3 Å². The third kappa shape index (κ3) is 3.96. The predicted octanol–water partition coefficient (Wildman–Crippen LogP) is 4.44. The van der Waals surface area contributed by atoms with E-state index in [-0.39, 0.29) is 6.42 Å². The molecule has 0 bridgehead atoms. The van der Waals surface area contributed by atoms with Gasteiger partial charge in [0.25, 0.3) is 0 Å². The zero-order valence-electron chi connectivity index (χ0n) is 17.8. The van der Waals surface area contributed by atoms with E-state index in [1.54, 1.807) is 0 Å². The van der Waals surface area contributed by atoms with E-state index in [0.29, 0.717) is 6.04 Å². The smallest absolute Gasteiger partial charge is 0.307 e. The monoisotopic (exact) mass is 393 g/mol. The lowest BCUT2D eigenvalue weighted by molar-refractivity contribution is -0.136. The van der Waals surface area contributed by atoms with Crippen molar-refractivity contribution in [3.63, 3.8) is 0 Å². The van der Waals surface area contributed by atoms with Crippen LogP contribution in [0.1, 0.15) is 46.2 Å². The summed E-state index contributed by atoms with van der Waals surface area (Å²) in [6, 6.07) is 9.09. The van der Waals surface area contributed by atoms with Gasteiger partial charge in [-0.2, -0.15) is 0 Å². The predicted molar refractivity (Wildman–Crippen MR) is 115 cm³/mol. The number of carbonyl (C=O) groups is 1. The fourth-order valence-corrected chi connectivity index (χ4v) is 5.13. The van der Waals surface area contributed by atoms with Crippen LogP contribution < -0.4 is 0 Å². The number of benzene rings is 2. The van der Waals surface area contributed by atoms with Crippen molar-refractivity contribution >= 4 is 5.97 Å². The molecule has 29 heavy (non-hydrogen) atoms. The van der Waals surface area contributed by atoms with Crippen LogP contribution in [-0.4, -0.2) is 41.8 Å². The summed E-state index contributed by atoms with van der Waals surface area (Å²) in [6.45, 7) is 10.1. The molecule has 0 amide bonds. The summed E-state index contributed by atoms with van der Waals surface area (Å²) in [5.74, 6) is -0.763. The first-order chi connectivity index (χ1) is 14.0. The van der Waals surface area contributed by atoms with Gasteiger partial charge in [-0.05, 0) is 79.0 Å². The Hall–Kier alpha value is -2.17. The zero-order valence-corrected chi connectivity index (χ0v) is 17.8. The van der Waals surface area contributed by atoms with E-state index in [2.05, 4.69) is 49.9 Å². The Labute approximate surface area is 173 Å². The van der Waals surface area contributed by atoms with Gasteiger partial charge in [0.05, 0.1) is 6.42 Å². The van der Waals surface area contributed by atoms with Crippen LogP contribution in [0.25, 0.3) is 11.1 Å². The molecule has 0 saturated carbocycles. The van der Waals surface area contributed by atoms with Crippen LogP contribution in [0.4, 0.5) is 0 Å². The summed E-state index contributed by atoms with van der Waals surface area (Å²) >= 11 is 0. The molecule has 2 aromatic carbocycles. The molecule has 4 heteroatoms. The van der Waals surface area contributed by atoms with E-state index in [9.17, 15) is 9.90 Å². The van der Waals surface area contributed by atoms with Gasteiger partial charge in [0, 0.05) is 32.3 Å². The summed E-state index contributed by atoms with van der Waals surface area (Å²) < 4.78 is 5.56. The van der Waals surface area contributed by atoms with Crippen LogP contribution in [0.2, 0.25) is 0 Å². The summed E-state index contributed by atoms with van der Waals surface area (Å²) in [6.07, 6.45) is 3.29. The molecule has 4 rings (SSSR count). The number of nitrogens with zero attached hydrogens (tertiary/aromatic N) is 1. The van der Waals surface area contributed by atoms with Gasteiger partial charge in [0.15, 0.2) is 0 Å². The lowest BCUT2D eigenvalue weighted by Crippen LogP contribution is -2.42. The molecule has 2 aromatic rings. The molecule has 0 aromatic heterocycles. The summed E-state index contributed by atoms with van der Waals surface area (Å²) in [5.41, 5.74) is 9.65. The summed E-state index contributed by atoms with van der Waals surface area (Å²) in [4.78, 5) is 14.3. The number of aryl methyl sites for hydroxylation is 1. The molecular weight excluding hydrogens is 362 g/mol. The Bertz CT molecular complexity index is 911. The van der Waals surface area contributed by atoms with Gasteiger partial charge in [-0.15, -0.1) is 0 Å². The first-order valence-electron chi connectivity index (χ1n) is 10.7. The number of rotatable bonds is 4. The molecule has 1 fully saturated rings. The van der Waals surface area contributed by atoms with Crippen molar-refractivity contribution in [3.8, 4) is 11.1 Å². The molecule has 2 heterocycles. The van der Waals surface area contributed by atoms with E-state index in [1.165, 1.54) is 27.8 Å². The fraction of sp³-hybridized carbons (Fsp3) is 0.480. The third-order valence-electron chi connectivity index (χ3n) is 6.78. The number of ether oxygens (including phenoxy) is 1.